The summed E-state index contributed by atoms with van der Waals surface area (Å²) in [5, 5.41) is 10.6. The molecule has 0 atom stereocenters. The van der Waals surface area contributed by atoms with Gasteiger partial charge in [-0.2, -0.15) is 0 Å². The highest BCUT2D eigenvalue weighted by Crippen LogP contribution is 2.34. The van der Waals surface area contributed by atoms with Gasteiger partial charge in [0.2, 0.25) is 0 Å². The molecule has 1 aromatic rings. The number of aryl methyl sites for hydroxylation is 1. The quantitative estimate of drug-likeness (QED) is 0.622. The lowest BCUT2D eigenvalue weighted by Crippen LogP contribution is -1.97. The summed E-state index contributed by atoms with van der Waals surface area (Å²) in [5.41, 5.74) is 4.19. The number of phenolic OH excluding ortho intramolecular Hbond substituents is 1. The first-order chi connectivity index (χ1) is 7.66. The number of benzene rings is 1. The molecule has 0 fully saturated rings. The predicted octanol–water partition coefficient (Wildman–Crippen LogP) is 2.69. The van der Waals surface area contributed by atoms with Crippen LogP contribution < -0.4 is 0 Å². The third kappa shape index (κ3) is 1.11. The highest BCUT2D eigenvalue weighted by molar-refractivity contribution is 5.99. The molecule has 0 aliphatic carbocycles. The molecular weight excluding hydrogens is 200 g/mol. The van der Waals surface area contributed by atoms with Crippen molar-refractivity contribution in [2.75, 3.05) is 0 Å². The van der Waals surface area contributed by atoms with E-state index in [1.54, 1.807) is 12.1 Å². The Bertz CT molecular complexity index is 655. The molecule has 0 unspecified atom stereocenters. The summed E-state index contributed by atoms with van der Waals surface area (Å²) in [5.74, 6) is 0.285. The fourth-order valence-electron chi connectivity index (χ4n) is 2.12. The highest BCUT2D eigenvalue weighted by Gasteiger charge is 2.15. The van der Waals surface area contributed by atoms with E-state index in [0.29, 0.717) is 0 Å². The van der Waals surface area contributed by atoms with Crippen LogP contribution in [0.15, 0.2) is 30.5 Å². The standard InChI is InChI=1S/C13H12N2O/c1-8-13-10-7-9(16)3-4-11(10)14-12(13)5-6-15(8)2/h3-7,16H,1-2H3. The van der Waals surface area contributed by atoms with Crippen molar-refractivity contribution in [3.63, 3.8) is 0 Å². The Morgan fingerprint density at radius 3 is 2.88 bits per heavy atom. The molecule has 2 heterocycles. The molecule has 0 saturated carbocycles. The number of fused-ring (bicyclic) bond motifs is 3. The van der Waals surface area contributed by atoms with E-state index in [2.05, 4.69) is 16.5 Å². The van der Waals surface area contributed by atoms with Crippen LogP contribution in [0.25, 0.3) is 22.2 Å². The molecule has 2 aliphatic heterocycles. The summed E-state index contributed by atoms with van der Waals surface area (Å²) in [6.45, 7) is 2.06. The van der Waals surface area contributed by atoms with Gasteiger partial charge in [-0.05, 0) is 31.2 Å². The zero-order valence-corrected chi connectivity index (χ0v) is 9.23. The minimum absolute atomic E-state index is 0.285. The summed E-state index contributed by atoms with van der Waals surface area (Å²) < 4.78 is 2.06. The molecule has 0 amide bonds. The van der Waals surface area contributed by atoms with Crippen LogP contribution >= 0.6 is 0 Å². The number of pyridine rings is 1. The molecule has 3 heteroatoms. The number of phenols is 1. The predicted molar refractivity (Wildman–Crippen MR) is 63.7 cm³/mol. The van der Waals surface area contributed by atoms with Gasteiger partial charge in [0.25, 0.3) is 0 Å². The maximum atomic E-state index is 9.53. The first kappa shape index (κ1) is 9.21. The molecule has 2 aliphatic rings. The molecular formula is C13H12N2O. The first-order valence-corrected chi connectivity index (χ1v) is 5.21. The molecule has 0 bridgehead atoms. The average molecular weight is 212 g/mol. The molecule has 0 aromatic heterocycles. The average Bonchev–Trinajstić information content (AvgIpc) is 2.62. The third-order valence-corrected chi connectivity index (χ3v) is 3.09. The fourth-order valence-corrected chi connectivity index (χ4v) is 2.12. The van der Waals surface area contributed by atoms with Gasteiger partial charge in [0, 0.05) is 29.9 Å². The zero-order valence-electron chi connectivity index (χ0n) is 9.23. The Balaban J connectivity index is 2.54. The Morgan fingerprint density at radius 1 is 1.25 bits per heavy atom. The van der Waals surface area contributed by atoms with Crippen molar-refractivity contribution in [1.29, 1.82) is 0 Å². The first-order valence-electron chi connectivity index (χ1n) is 5.21. The van der Waals surface area contributed by atoms with Crippen molar-refractivity contribution in [3.05, 3.63) is 36.2 Å². The van der Waals surface area contributed by atoms with E-state index in [4.69, 9.17) is 0 Å². The lowest BCUT2D eigenvalue weighted by Gasteiger charge is -2.09. The van der Waals surface area contributed by atoms with E-state index in [-0.39, 0.29) is 5.75 Å². The van der Waals surface area contributed by atoms with Crippen LogP contribution in [0, 0.1) is 6.92 Å². The molecule has 3 nitrogen and oxygen atoms in total. The van der Waals surface area contributed by atoms with Crippen molar-refractivity contribution in [3.8, 4) is 17.0 Å². The molecule has 1 aromatic carbocycles. The summed E-state index contributed by atoms with van der Waals surface area (Å²) in [7, 11) is 2.01. The van der Waals surface area contributed by atoms with Crippen LogP contribution in [-0.4, -0.2) is 14.7 Å². The molecule has 0 radical (unpaired) electrons. The summed E-state index contributed by atoms with van der Waals surface area (Å²) in [6.07, 6.45) is 2.00. The Hall–Kier alpha value is -2.03. The number of hydrogen-bond donors (Lipinski definition) is 1. The third-order valence-electron chi connectivity index (χ3n) is 3.09. The number of aromatic hydroxyl groups is 1. The summed E-state index contributed by atoms with van der Waals surface area (Å²) >= 11 is 0. The van der Waals surface area contributed by atoms with Gasteiger partial charge in [-0.1, -0.05) is 0 Å². The Labute approximate surface area is 93.3 Å². The maximum Gasteiger partial charge on any atom is 0.116 e. The van der Waals surface area contributed by atoms with Crippen LogP contribution in [0.1, 0.15) is 5.69 Å². The topological polar surface area (TPSA) is 38.1 Å². The molecule has 0 saturated heterocycles. The molecule has 16 heavy (non-hydrogen) atoms. The van der Waals surface area contributed by atoms with Crippen LogP contribution in [0.2, 0.25) is 0 Å². The number of aromatic nitrogens is 2. The van der Waals surface area contributed by atoms with E-state index in [9.17, 15) is 5.11 Å². The largest absolute Gasteiger partial charge is 0.508 e. The van der Waals surface area contributed by atoms with Crippen molar-refractivity contribution in [1.82, 2.24) is 9.55 Å². The van der Waals surface area contributed by atoms with Gasteiger partial charge in [-0.3, -0.25) is 0 Å². The van der Waals surface area contributed by atoms with E-state index in [0.717, 1.165) is 27.9 Å². The minimum Gasteiger partial charge on any atom is -0.508 e. The van der Waals surface area contributed by atoms with Gasteiger partial charge < -0.3 is 9.67 Å². The second-order valence-electron chi connectivity index (χ2n) is 4.09. The van der Waals surface area contributed by atoms with Crippen molar-refractivity contribution < 1.29 is 5.11 Å². The van der Waals surface area contributed by atoms with Crippen molar-refractivity contribution in [2.24, 2.45) is 7.05 Å². The van der Waals surface area contributed by atoms with Crippen molar-refractivity contribution >= 4 is 10.9 Å². The van der Waals surface area contributed by atoms with Crippen molar-refractivity contribution in [2.45, 2.75) is 6.92 Å². The minimum atomic E-state index is 0.285. The number of rotatable bonds is 0. The van der Waals surface area contributed by atoms with Crippen LogP contribution in [0.3, 0.4) is 0 Å². The number of nitrogens with zero attached hydrogens (tertiary/aromatic N) is 2. The van der Waals surface area contributed by atoms with E-state index in [1.165, 1.54) is 0 Å². The second-order valence-corrected chi connectivity index (χ2v) is 4.09. The number of hydrogen-bond acceptors (Lipinski definition) is 2. The molecule has 80 valence electrons. The van der Waals surface area contributed by atoms with E-state index in [1.807, 2.05) is 25.4 Å². The smallest absolute Gasteiger partial charge is 0.116 e. The van der Waals surface area contributed by atoms with Crippen LogP contribution in [-0.2, 0) is 7.05 Å². The lowest BCUT2D eigenvalue weighted by molar-refractivity contribution is 0.476. The summed E-state index contributed by atoms with van der Waals surface area (Å²) in [6, 6.07) is 7.30. The molecule has 1 N–H and O–H groups in total. The Morgan fingerprint density at radius 2 is 2.06 bits per heavy atom. The zero-order chi connectivity index (χ0) is 11.3. The SMILES string of the molecule is Cc1c2c3cc(O)ccc3nc-2ccn1C. The van der Waals surface area contributed by atoms with Crippen LogP contribution in [0.5, 0.6) is 5.75 Å². The van der Waals surface area contributed by atoms with Gasteiger partial charge in [0.1, 0.15) is 5.75 Å². The second kappa shape index (κ2) is 2.98. The maximum absolute atomic E-state index is 9.53. The monoisotopic (exact) mass is 212 g/mol. The molecule has 0 spiro atoms. The van der Waals surface area contributed by atoms with Gasteiger partial charge in [-0.25, -0.2) is 4.98 Å². The Kier molecular flexibility index (Phi) is 1.72. The lowest BCUT2D eigenvalue weighted by atomic mass is 10.1. The van der Waals surface area contributed by atoms with Gasteiger partial charge in [0.15, 0.2) is 0 Å². The van der Waals surface area contributed by atoms with E-state index < -0.39 is 0 Å². The molecule has 3 rings (SSSR count). The van der Waals surface area contributed by atoms with Gasteiger partial charge in [-0.15, -0.1) is 0 Å². The fraction of sp³-hybridized carbons (Fsp3) is 0.154. The van der Waals surface area contributed by atoms with E-state index >= 15 is 0 Å². The normalized spacial score (nSPS) is 11.4. The van der Waals surface area contributed by atoms with Gasteiger partial charge in [0.05, 0.1) is 11.2 Å². The highest BCUT2D eigenvalue weighted by atomic mass is 16.3. The van der Waals surface area contributed by atoms with Crippen LogP contribution in [0.4, 0.5) is 0 Å². The van der Waals surface area contributed by atoms with Gasteiger partial charge >= 0.3 is 0 Å². The summed E-state index contributed by atoms with van der Waals surface area (Å²) in [4.78, 5) is 4.53.